The van der Waals surface area contributed by atoms with E-state index in [-0.39, 0.29) is 0 Å². The highest BCUT2D eigenvalue weighted by Gasteiger charge is 2.08. The molecule has 0 radical (unpaired) electrons. The molecule has 0 bridgehead atoms. The molecule has 0 spiro atoms. The van der Waals surface area contributed by atoms with Gasteiger partial charge in [0.15, 0.2) is 37.9 Å². The highest BCUT2D eigenvalue weighted by atomic mass is 15.1. The minimum atomic E-state index is 0.977. The maximum Gasteiger partial charge on any atom is 0.169 e. The SMILES string of the molecule is CN(C)c1ccc(/C=C/c2cc[n+](CCC[n+]3ccc(/C=C/c4ccc(N(C)C)c5ccccc45)cc3)cc2)c2ccccc12. The smallest absolute Gasteiger partial charge is 0.169 e. The number of pyridine rings is 2. The van der Waals surface area contributed by atoms with E-state index < -0.39 is 0 Å². The van der Waals surface area contributed by atoms with Gasteiger partial charge in [-0.05, 0) is 45.2 Å². The molecule has 0 N–H and O–H groups in total. The lowest BCUT2D eigenvalue weighted by atomic mass is 10.0. The Bertz CT molecular complexity index is 1820. The van der Waals surface area contributed by atoms with Crippen LogP contribution in [0.1, 0.15) is 28.7 Å². The molecule has 0 amide bonds. The summed E-state index contributed by atoms with van der Waals surface area (Å²) >= 11 is 0. The summed E-state index contributed by atoms with van der Waals surface area (Å²) in [4.78, 5) is 4.34. The number of nitrogens with zero attached hydrogens (tertiary/aromatic N) is 4. The molecular formula is C41H42N4+2. The van der Waals surface area contributed by atoms with Crippen molar-refractivity contribution < 1.29 is 9.13 Å². The summed E-state index contributed by atoms with van der Waals surface area (Å²) in [6.45, 7) is 1.95. The molecule has 0 unspecified atom stereocenters. The van der Waals surface area contributed by atoms with E-state index in [1.807, 2.05) is 0 Å². The van der Waals surface area contributed by atoms with Gasteiger partial charge in [0.1, 0.15) is 0 Å². The average Bonchev–Trinajstić information content (AvgIpc) is 3.07. The van der Waals surface area contributed by atoms with Gasteiger partial charge in [-0.25, -0.2) is 9.13 Å². The van der Waals surface area contributed by atoms with E-state index >= 15 is 0 Å². The summed E-state index contributed by atoms with van der Waals surface area (Å²) in [5.41, 5.74) is 7.35. The minimum absolute atomic E-state index is 0.977. The number of hydrogen-bond acceptors (Lipinski definition) is 2. The summed E-state index contributed by atoms with van der Waals surface area (Å²) in [5, 5.41) is 5.10. The third-order valence-electron chi connectivity index (χ3n) is 8.41. The van der Waals surface area contributed by atoms with Crippen LogP contribution in [0.5, 0.6) is 0 Å². The molecule has 224 valence electrons. The van der Waals surface area contributed by atoms with E-state index in [4.69, 9.17) is 0 Å². The third-order valence-corrected chi connectivity index (χ3v) is 8.41. The maximum atomic E-state index is 2.27. The Balaban J connectivity index is 1.04. The maximum absolute atomic E-state index is 2.27. The summed E-state index contributed by atoms with van der Waals surface area (Å²) in [7, 11) is 8.38. The zero-order valence-corrected chi connectivity index (χ0v) is 26.8. The van der Waals surface area contributed by atoms with Crippen molar-refractivity contribution in [3.63, 3.8) is 0 Å². The molecule has 0 aliphatic rings. The summed E-state index contributed by atoms with van der Waals surface area (Å²) in [6, 6.07) is 34.9. The molecule has 0 saturated heterocycles. The molecular weight excluding hydrogens is 548 g/mol. The lowest BCUT2D eigenvalue weighted by molar-refractivity contribution is -0.726. The predicted octanol–water partition coefficient (Wildman–Crippen LogP) is 8.13. The van der Waals surface area contributed by atoms with Gasteiger partial charge in [0.2, 0.25) is 0 Å². The van der Waals surface area contributed by atoms with Crippen LogP contribution in [0.4, 0.5) is 11.4 Å². The van der Waals surface area contributed by atoms with Crippen LogP contribution in [-0.2, 0) is 13.1 Å². The molecule has 6 rings (SSSR count). The van der Waals surface area contributed by atoms with Crippen molar-refractivity contribution >= 4 is 57.2 Å². The Labute approximate surface area is 267 Å². The van der Waals surface area contributed by atoms with Crippen molar-refractivity contribution in [2.24, 2.45) is 0 Å². The highest BCUT2D eigenvalue weighted by molar-refractivity contribution is 6.01. The van der Waals surface area contributed by atoms with Gasteiger partial charge in [0, 0.05) is 74.6 Å². The summed E-state index contributed by atoms with van der Waals surface area (Å²) in [6.07, 6.45) is 18.6. The molecule has 2 heterocycles. The second-order valence-electron chi connectivity index (χ2n) is 12.0. The molecule has 0 atom stereocenters. The highest BCUT2D eigenvalue weighted by Crippen LogP contribution is 2.30. The molecule has 0 saturated carbocycles. The van der Waals surface area contributed by atoms with Crippen LogP contribution < -0.4 is 18.9 Å². The molecule has 4 heteroatoms. The summed E-state index contributed by atoms with van der Waals surface area (Å²) in [5.74, 6) is 0. The van der Waals surface area contributed by atoms with Crippen LogP contribution >= 0.6 is 0 Å². The Morgan fingerprint density at radius 1 is 0.444 bits per heavy atom. The fourth-order valence-electron chi connectivity index (χ4n) is 5.95. The van der Waals surface area contributed by atoms with E-state index in [1.54, 1.807) is 0 Å². The quantitative estimate of drug-likeness (QED) is 0.150. The first-order valence-electron chi connectivity index (χ1n) is 15.7. The van der Waals surface area contributed by atoms with Crippen LogP contribution in [0.25, 0.3) is 45.8 Å². The fraction of sp³-hybridized carbons (Fsp3) is 0.171. The molecule has 0 aliphatic carbocycles. The van der Waals surface area contributed by atoms with E-state index in [0.717, 1.165) is 19.5 Å². The number of hydrogen-bond donors (Lipinski definition) is 0. The van der Waals surface area contributed by atoms with Gasteiger partial charge in [-0.3, -0.25) is 0 Å². The van der Waals surface area contributed by atoms with Crippen LogP contribution in [0.2, 0.25) is 0 Å². The second kappa shape index (κ2) is 13.6. The largest absolute Gasteiger partial charge is 0.377 e. The first-order chi connectivity index (χ1) is 22.0. The number of aromatic nitrogens is 2. The topological polar surface area (TPSA) is 14.2 Å². The van der Waals surface area contributed by atoms with Crippen LogP contribution in [0.15, 0.2) is 122 Å². The van der Waals surface area contributed by atoms with Gasteiger partial charge in [-0.1, -0.05) is 85.0 Å². The molecule has 6 aromatic rings. The number of aryl methyl sites for hydroxylation is 2. The van der Waals surface area contributed by atoms with Gasteiger partial charge >= 0.3 is 0 Å². The Kier molecular flexibility index (Phi) is 9.02. The number of anilines is 2. The van der Waals surface area contributed by atoms with E-state index in [9.17, 15) is 0 Å². The lowest BCUT2D eigenvalue weighted by Gasteiger charge is -2.16. The average molecular weight is 591 g/mol. The van der Waals surface area contributed by atoms with Crippen molar-refractivity contribution in [3.8, 4) is 0 Å². The van der Waals surface area contributed by atoms with Crippen molar-refractivity contribution in [1.82, 2.24) is 0 Å². The zero-order valence-electron chi connectivity index (χ0n) is 26.8. The normalized spacial score (nSPS) is 11.6. The lowest BCUT2D eigenvalue weighted by Crippen LogP contribution is -2.38. The molecule has 2 aromatic heterocycles. The first kappa shape index (κ1) is 29.8. The third kappa shape index (κ3) is 6.97. The van der Waals surface area contributed by atoms with E-state index in [1.165, 1.54) is 55.2 Å². The standard InChI is InChI=1S/C41H42N4/c1-42(2)40-20-18-34(36-10-5-7-12-38(36)40)16-14-32-22-28-44(29-23-32)26-9-27-45-30-24-33(25-31-45)15-17-35-19-21-41(43(3)4)39-13-8-6-11-37(35)39/h5-8,10-25,28-31H,9,26-27H2,1-4H3/q+2. The molecule has 4 aromatic carbocycles. The van der Waals surface area contributed by atoms with E-state index in [2.05, 4.69) is 193 Å². The second-order valence-corrected chi connectivity index (χ2v) is 12.0. The van der Waals surface area contributed by atoms with Gasteiger partial charge in [0.25, 0.3) is 0 Å². The Morgan fingerprint density at radius 2 is 0.822 bits per heavy atom. The Hall–Kier alpha value is -5.22. The fourth-order valence-corrected chi connectivity index (χ4v) is 5.95. The zero-order chi connectivity index (χ0) is 31.2. The number of benzene rings is 4. The van der Waals surface area contributed by atoms with Crippen molar-refractivity contribution in [1.29, 1.82) is 0 Å². The number of rotatable bonds is 10. The van der Waals surface area contributed by atoms with Crippen molar-refractivity contribution in [2.75, 3.05) is 38.0 Å². The molecule has 0 aliphatic heterocycles. The van der Waals surface area contributed by atoms with Gasteiger partial charge in [-0.15, -0.1) is 0 Å². The van der Waals surface area contributed by atoms with Crippen LogP contribution in [0, 0.1) is 0 Å². The first-order valence-corrected chi connectivity index (χ1v) is 15.7. The van der Waals surface area contributed by atoms with Gasteiger partial charge in [-0.2, -0.15) is 0 Å². The number of fused-ring (bicyclic) bond motifs is 2. The van der Waals surface area contributed by atoms with Gasteiger partial charge < -0.3 is 9.80 Å². The van der Waals surface area contributed by atoms with Crippen LogP contribution in [0.3, 0.4) is 0 Å². The van der Waals surface area contributed by atoms with E-state index in [0.29, 0.717) is 0 Å². The predicted molar refractivity (Wildman–Crippen MR) is 192 cm³/mol. The minimum Gasteiger partial charge on any atom is -0.377 e. The van der Waals surface area contributed by atoms with Crippen molar-refractivity contribution in [2.45, 2.75) is 19.5 Å². The van der Waals surface area contributed by atoms with Crippen LogP contribution in [-0.4, -0.2) is 28.2 Å². The molecule has 0 fully saturated rings. The monoisotopic (exact) mass is 590 g/mol. The van der Waals surface area contributed by atoms with Crippen molar-refractivity contribution in [3.05, 3.63) is 144 Å². The molecule has 4 nitrogen and oxygen atoms in total. The Morgan fingerprint density at radius 3 is 1.20 bits per heavy atom. The van der Waals surface area contributed by atoms with Gasteiger partial charge in [0.05, 0.1) is 6.42 Å². The summed E-state index contributed by atoms with van der Waals surface area (Å²) < 4.78 is 4.53. The molecule has 45 heavy (non-hydrogen) atoms.